The number of hydrogen-bond donors (Lipinski definition) is 0. The lowest BCUT2D eigenvalue weighted by atomic mass is 10.1. The zero-order valence-corrected chi connectivity index (χ0v) is 38.5. The monoisotopic (exact) mass is 892 g/mol. The number of thioether (sulfide) groups is 8. The molecule has 6 aliphatic rings. The van der Waals surface area contributed by atoms with E-state index in [4.69, 9.17) is 20.0 Å². The molecule has 12 rings (SSSR count). The average Bonchev–Trinajstić information content (AvgIpc) is 3.98. The second-order valence-electron chi connectivity index (χ2n) is 13.9. The highest BCUT2D eigenvalue weighted by molar-refractivity contribution is 8.00. The first kappa shape index (κ1) is 35.9. The fraction of sp³-hybridized carbons (Fsp3) is 0.220. The van der Waals surface area contributed by atoms with Crippen molar-refractivity contribution < 1.29 is 9.15 Å². The van der Waals surface area contributed by atoms with E-state index in [2.05, 4.69) is 117 Å². The summed E-state index contributed by atoms with van der Waals surface area (Å²) in [5.74, 6) is 4.44. The van der Waals surface area contributed by atoms with Gasteiger partial charge in [-0.3, -0.25) is 0 Å². The van der Waals surface area contributed by atoms with Crippen LogP contribution in [-0.2, 0) is 5.91 Å². The minimum absolute atomic E-state index is 0.919. The van der Waals surface area contributed by atoms with E-state index in [1.54, 1.807) is 94.1 Å². The molecule has 0 aliphatic carbocycles. The van der Waals surface area contributed by atoms with E-state index in [-0.39, 0.29) is 0 Å². The molecular formula is C41H32N8S8+2. The largest absolute Gasteiger partial charge is 0.404 e. The zero-order valence-electron chi connectivity index (χ0n) is 32.0. The van der Waals surface area contributed by atoms with Crippen LogP contribution in [0.4, 0.5) is 11.6 Å². The number of nitrogens with zero attached hydrogens (tertiary/aromatic N) is 8. The lowest BCUT2D eigenvalue weighted by Crippen LogP contribution is -2.71. The van der Waals surface area contributed by atoms with Gasteiger partial charge in [0.25, 0.3) is 23.3 Å². The molecule has 4 aromatic carbocycles. The van der Waals surface area contributed by atoms with Crippen molar-refractivity contribution in [2.24, 2.45) is 20.0 Å². The second-order valence-corrected chi connectivity index (χ2v) is 20.6. The van der Waals surface area contributed by atoms with Gasteiger partial charge in [0.05, 0.1) is 43.8 Å². The van der Waals surface area contributed by atoms with Gasteiger partial charge in [-0.15, -0.1) is 103 Å². The van der Waals surface area contributed by atoms with Crippen LogP contribution < -0.4 is 11.0 Å². The van der Waals surface area contributed by atoms with E-state index in [0.717, 1.165) is 89.8 Å². The highest BCUT2D eigenvalue weighted by Crippen LogP contribution is 2.57. The van der Waals surface area contributed by atoms with Gasteiger partial charge in [0.1, 0.15) is 0 Å². The zero-order chi connectivity index (χ0) is 38.8. The molecule has 0 unspecified atom stereocenters. The van der Waals surface area contributed by atoms with Gasteiger partial charge in [-0.05, 0) is 98.6 Å². The van der Waals surface area contributed by atoms with Gasteiger partial charge in [0, 0.05) is 39.2 Å². The first-order chi connectivity index (χ1) is 27.9. The Morgan fingerprint density at radius 2 is 0.702 bits per heavy atom. The molecule has 0 saturated heterocycles. The van der Waals surface area contributed by atoms with Gasteiger partial charge >= 0.3 is 5.91 Å². The molecule has 6 aliphatic heterocycles. The lowest BCUT2D eigenvalue weighted by molar-refractivity contribution is -0.790. The molecule has 0 fully saturated rings. The van der Waals surface area contributed by atoms with E-state index >= 15 is 0 Å². The SMILES string of the molecule is CSc1ccc(SC)c2c1C1=Nc3c4c(SC)ccc(SC)c4c4n3C35n6c(c7c(SC)ccc(SC)c7c6=NC6=[N+]3C(=N4)c3c(SC)ccc(SC)c36)=NC2=[N+]15. The van der Waals surface area contributed by atoms with Gasteiger partial charge in [-0.25, -0.2) is 0 Å². The topological polar surface area (TPSA) is 65.3 Å². The minimum Gasteiger partial charge on any atom is -0.192 e. The van der Waals surface area contributed by atoms with Crippen LogP contribution >= 0.6 is 94.1 Å². The van der Waals surface area contributed by atoms with Gasteiger partial charge in [-0.1, -0.05) is 20.0 Å². The maximum atomic E-state index is 5.86. The van der Waals surface area contributed by atoms with Crippen LogP contribution in [0.15, 0.2) is 108 Å². The van der Waals surface area contributed by atoms with Crippen LogP contribution in [0, 0.1) is 0 Å². The van der Waals surface area contributed by atoms with Crippen LogP contribution in [0.5, 0.6) is 0 Å². The standard InChI is InChI=1S/C41H32N8S8/c1-50-17-9-10-18(51-2)26-25(17)33-42-35-27-19(52-3)11-12-20(53-4)28(27)37-44-39-31-23(56-7)15-16-24(57-8)32(31)40-45-38-30-22(55-6)14-13-21(54-5)29(30)36-43-34(26)46(33)41(47(35)37,48(36)38)49(39)40/h9-16H,1-8H3/q+2. The second kappa shape index (κ2) is 12.5. The molecule has 8 heterocycles. The number of hydrogen-bond acceptors (Lipinski definition) is 12. The highest BCUT2D eigenvalue weighted by Gasteiger charge is 2.70. The Morgan fingerprint density at radius 3 is 1.05 bits per heavy atom. The number of fused-ring (bicyclic) bond motifs is 12. The molecule has 0 bridgehead atoms. The smallest absolute Gasteiger partial charge is 0.192 e. The Hall–Kier alpha value is -2.96. The molecule has 57 heavy (non-hydrogen) atoms. The third-order valence-corrected chi connectivity index (χ3v) is 18.0. The number of benzene rings is 4. The van der Waals surface area contributed by atoms with Crippen molar-refractivity contribution >= 4 is 151 Å². The van der Waals surface area contributed by atoms with E-state index < -0.39 is 5.91 Å². The Kier molecular flexibility index (Phi) is 7.90. The summed E-state index contributed by atoms with van der Waals surface area (Å²) < 4.78 is 9.85. The first-order valence-corrected chi connectivity index (χ1v) is 27.8. The van der Waals surface area contributed by atoms with Crippen LogP contribution in [0.3, 0.4) is 0 Å². The van der Waals surface area contributed by atoms with Gasteiger partial charge in [0.15, 0.2) is 0 Å². The van der Waals surface area contributed by atoms with Gasteiger partial charge < -0.3 is 0 Å². The maximum absolute atomic E-state index is 5.86. The summed E-state index contributed by atoms with van der Waals surface area (Å²) >= 11 is 14.2. The molecule has 6 aromatic rings. The van der Waals surface area contributed by atoms with Crippen LogP contribution in [0.25, 0.3) is 21.5 Å². The third kappa shape index (κ3) is 4.04. The Morgan fingerprint density at radius 1 is 0.386 bits per heavy atom. The van der Waals surface area contributed by atoms with Crippen molar-refractivity contribution in [1.29, 1.82) is 0 Å². The number of rotatable bonds is 8. The minimum atomic E-state index is -1.07. The maximum Gasteiger partial charge on any atom is 0.404 e. The fourth-order valence-electron chi connectivity index (χ4n) is 9.68. The fourth-order valence-corrected chi connectivity index (χ4v) is 14.5. The van der Waals surface area contributed by atoms with Gasteiger partial charge in [0.2, 0.25) is 22.6 Å². The molecule has 0 amide bonds. The third-order valence-electron chi connectivity index (χ3n) is 11.8. The van der Waals surface area contributed by atoms with E-state index in [0.29, 0.717) is 0 Å². The van der Waals surface area contributed by atoms with Crippen molar-refractivity contribution in [2.75, 3.05) is 50.0 Å². The summed E-state index contributed by atoms with van der Waals surface area (Å²) in [6, 6.07) is 18.2. The predicted octanol–water partition coefficient (Wildman–Crippen LogP) is 9.48. The van der Waals surface area contributed by atoms with Gasteiger partial charge in [-0.2, -0.15) is 9.13 Å². The molecule has 0 atom stereocenters. The molecule has 0 radical (unpaired) electrons. The summed E-state index contributed by atoms with van der Waals surface area (Å²) in [7, 11) is 0. The normalized spacial score (nSPS) is 16.8. The van der Waals surface area contributed by atoms with E-state index in [1.165, 1.54) is 39.2 Å². The number of amidine groups is 4. The van der Waals surface area contributed by atoms with Crippen LogP contribution in [0.2, 0.25) is 0 Å². The Labute approximate surface area is 362 Å². The van der Waals surface area contributed by atoms with Crippen molar-refractivity contribution in [3.63, 3.8) is 0 Å². The van der Waals surface area contributed by atoms with Crippen molar-refractivity contribution in [1.82, 2.24) is 9.13 Å². The quantitative estimate of drug-likeness (QED) is 0.111. The number of aromatic nitrogens is 2. The van der Waals surface area contributed by atoms with Crippen molar-refractivity contribution in [3.8, 4) is 0 Å². The Balaban J connectivity index is 1.44. The van der Waals surface area contributed by atoms with Crippen molar-refractivity contribution in [3.05, 3.63) is 81.8 Å². The lowest BCUT2D eigenvalue weighted by Gasteiger charge is -2.40. The molecule has 8 nitrogen and oxygen atoms in total. The first-order valence-electron chi connectivity index (χ1n) is 18.0. The van der Waals surface area contributed by atoms with Crippen molar-refractivity contribution in [2.45, 2.75) is 45.1 Å². The summed E-state index contributed by atoms with van der Waals surface area (Å²) in [4.78, 5) is 32.9. The predicted molar refractivity (Wildman–Crippen MR) is 248 cm³/mol. The Bertz CT molecular complexity index is 3040. The summed E-state index contributed by atoms with van der Waals surface area (Å²) in [5.41, 5.74) is 6.40. The molecule has 0 saturated carbocycles. The van der Waals surface area contributed by atoms with Crippen LogP contribution in [0.1, 0.15) is 22.3 Å². The van der Waals surface area contributed by atoms with E-state index in [9.17, 15) is 0 Å². The molecule has 16 heteroatoms. The van der Waals surface area contributed by atoms with E-state index in [1.807, 2.05) is 0 Å². The molecule has 1 spiro atoms. The molecule has 2 aromatic heterocycles. The summed E-state index contributed by atoms with van der Waals surface area (Å²) in [6.45, 7) is 0. The number of aliphatic imine (C=N–C) groups is 2. The molecule has 282 valence electrons. The molecular weight excluding hydrogens is 861 g/mol. The summed E-state index contributed by atoms with van der Waals surface area (Å²) in [6.07, 6.45) is 17.4. The van der Waals surface area contributed by atoms with Crippen LogP contribution in [-0.4, -0.2) is 91.7 Å². The average molecular weight is 893 g/mol. The summed E-state index contributed by atoms with van der Waals surface area (Å²) in [5, 5.41) is 4.56. The molecule has 0 N–H and O–H groups in total. The highest BCUT2D eigenvalue weighted by atomic mass is 32.2.